The lowest BCUT2D eigenvalue weighted by molar-refractivity contribution is -0.155. The Morgan fingerprint density at radius 2 is 1.68 bits per heavy atom. The molecule has 0 saturated heterocycles. The number of carboxylic acids is 1. The first-order chi connectivity index (χ1) is 8.93. The van der Waals surface area contributed by atoms with Crippen molar-refractivity contribution in [3.05, 3.63) is 0 Å². The van der Waals surface area contributed by atoms with Crippen molar-refractivity contribution in [2.75, 3.05) is 7.05 Å². The molecule has 2 atom stereocenters. The summed E-state index contributed by atoms with van der Waals surface area (Å²) in [6, 6.07) is -0.826. The lowest BCUT2D eigenvalue weighted by Gasteiger charge is -2.27. The van der Waals surface area contributed by atoms with Crippen LogP contribution in [0.3, 0.4) is 0 Å². The minimum Gasteiger partial charge on any atom is -0.480 e. The summed E-state index contributed by atoms with van der Waals surface area (Å²) in [5.74, 6) is -1.27. The van der Waals surface area contributed by atoms with Gasteiger partial charge in [-0.25, -0.2) is 4.79 Å². The molecule has 0 spiro atoms. The first-order valence-corrected chi connectivity index (χ1v) is 7.08. The molecule has 1 rings (SSSR count). The number of aliphatic carboxylic acids is 1. The third kappa shape index (κ3) is 4.82. The molecule has 5 heteroatoms. The Bertz CT molecular complexity index is 311. The second-order valence-corrected chi connectivity index (χ2v) is 5.36. The molecular weight excluding hydrogens is 246 g/mol. The Kier molecular flexibility index (Phi) is 6.28. The van der Waals surface area contributed by atoms with Crippen LogP contribution in [0, 0.1) is 0 Å². The number of rotatable bonds is 5. The highest BCUT2D eigenvalue weighted by molar-refractivity contribution is 5.85. The van der Waals surface area contributed by atoms with Gasteiger partial charge in [-0.15, -0.1) is 0 Å². The standard InChI is InChI=1S/C14H25NO4/c1-10(14(17)18)15(3)13(16)11(2)19-12-8-6-4-5-7-9-12/h10-12H,4-9H2,1-3H3,(H,17,18). The molecule has 1 aliphatic carbocycles. The molecule has 0 aromatic rings. The molecular formula is C14H25NO4. The van der Waals surface area contributed by atoms with Crippen LogP contribution in [-0.4, -0.2) is 47.2 Å². The van der Waals surface area contributed by atoms with Gasteiger partial charge < -0.3 is 14.7 Å². The van der Waals surface area contributed by atoms with Gasteiger partial charge in [0.15, 0.2) is 0 Å². The molecule has 1 aliphatic rings. The maximum Gasteiger partial charge on any atom is 0.326 e. The third-order valence-corrected chi connectivity index (χ3v) is 3.83. The Labute approximate surface area is 114 Å². The van der Waals surface area contributed by atoms with E-state index in [1.165, 1.54) is 31.7 Å². The molecule has 1 fully saturated rings. The molecule has 0 radical (unpaired) electrons. The van der Waals surface area contributed by atoms with Crippen molar-refractivity contribution in [1.82, 2.24) is 4.90 Å². The Balaban J connectivity index is 2.49. The van der Waals surface area contributed by atoms with Gasteiger partial charge in [0.05, 0.1) is 6.10 Å². The zero-order valence-electron chi connectivity index (χ0n) is 12.1. The van der Waals surface area contributed by atoms with E-state index in [0.29, 0.717) is 0 Å². The van der Waals surface area contributed by atoms with Gasteiger partial charge in [0.1, 0.15) is 12.1 Å². The second-order valence-electron chi connectivity index (χ2n) is 5.36. The van der Waals surface area contributed by atoms with Gasteiger partial charge in [-0.2, -0.15) is 0 Å². The van der Waals surface area contributed by atoms with Crippen LogP contribution in [0.15, 0.2) is 0 Å². The van der Waals surface area contributed by atoms with E-state index in [9.17, 15) is 9.59 Å². The number of hydrogen-bond donors (Lipinski definition) is 1. The van der Waals surface area contributed by atoms with Crippen molar-refractivity contribution < 1.29 is 19.4 Å². The van der Waals surface area contributed by atoms with Crippen molar-refractivity contribution in [2.45, 2.75) is 70.6 Å². The van der Waals surface area contributed by atoms with Crippen LogP contribution >= 0.6 is 0 Å². The van der Waals surface area contributed by atoms with Crippen LogP contribution in [0.4, 0.5) is 0 Å². The average Bonchev–Trinajstić information content (AvgIpc) is 2.64. The van der Waals surface area contributed by atoms with Gasteiger partial charge >= 0.3 is 5.97 Å². The molecule has 110 valence electrons. The lowest BCUT2D eigenvalue weighted by Crippen LogP contribution is -2.45. The number of ether oxygens (including phenoxy) is 1. The van der Waals surface area contributed by atoms with Crippen molar-refractivity contribution in [3.63, 3.8) is 0 Å². The monoisotopic (exact) mass is 271 g/mol. The molecule has 19 heavy (non-hydrogen) atoms. The van der Waals surface area contributed by atoms with Crippen LogP contribution < -0.4 is 0 Å². The van der Waals surface area contributed by atoms with E-state index < -0.39 is 18.1 Å². The summed E-state index contributed by atoms with van der Waals surface area (Å²) in [7, 11) is 1.51. The highest BCUT2D eigenvalue weighted by atomic mass is 16.5. The van der Waals surface area contributed by atoms with E-state index in [4.69, 9.17) is 9.84 Å². The summed E-state index contributed by atoms with van der Waals surface area (Å²) < 4.78 is 5.80. The van der Waals surface area contributed by atoms with E-state index in [1.807, 2.05) is 0 Å². The summed E-state index contributed by atoms with van der Waals surface area (Å²) in [4.78, 5) is 24.2. The lowest BCUT2D eigenvalue weighted by atomic mass is 10.1. The van der Waals surface area contributed by atoms with E-state index in [-0.39, 0.29) is 12.0 Å². The second kappa shape index (κ2) is 7.48. The quantitative estimate of drug-likeness (QED) is 0.777. The summed E-state index contributed by atoms with van der Waals surface area (Å²) >= 11 is 0. The Morgan fingerprint density at radius 1 is 1.16 bits per heavy atom. The Hall–Kier alpha value is -1.10. The van der Waals surface area contributed by atoms with Crippen molar-refractivity contribution in [3.8, 4) is 0 Å². The molecule has 2 unspecified atom stereocenters. The summed E-state index contributed by atoms with van der Waals surface area (Å²) in [5.41, 5.74) is 0. The predicted octanol–water partition coefficient (Wildman–Crippen LogP) is 2.05. The normalized spacial score (nSPS) is 20.4. The fourth-order valence-electron chi connectivity index (χ4n) is 2.37. The van der Waals surface area contributed by atoms with Gasteiger partial charge in [-0.1, -0.05) is 25.7 Å². The number of carboxylic acid groups (broad SMARTS) is 1. The molecule has 1 N–H and O–H groups in total. The minimum atomic E-state index is -1.00. The number of nitrogens with zero attached hydrogens (tertiary/aromatic N) is 1. The van der Waals surface area contributed by atoms with Gasteiger partial charge in [-0.3, -0.25) is 4.79 Å². The van der Waals surface area contributed by atoms with Crippen LogP contribution in [-0.2, 0) is 14.3 Å². The van der Waals surface area contributed by atoms with E-state index in [1.54, 1.807) is 6.92 Å². The largest absolute Gasteiger partial charge is 0.480 e. The summed E-state index contributed by atoms with van der Waals surface area (Å²) in [5, 5.41) is 8.91. The zero-order valence-corrected chi connectivity index (χ0v) is 12.1. The molecule has 0 heterocycles. The van der Waals surface area contributed by atoms with Crippen LogP contribution in [0.2, 0.25) is 0 Å². The average molecular weight is 271 g/mol. The molecule has 0 aromatic heterocycles. The van der Waals surface area contributed by atoms with Crippen molar-refractivity contribution >= 4 is 11.9 Å². The van der Waals surface area contributed by atoms with Gasteiger partial charge in [-0.05, 0) is 26.7 Å². The van der Waals surface area contributed by atoms with Crippen molar-refractivity contribution in [2.24, 2.45) is 0 Å². The molecule has 0 bridgehead atoms. The smallest absolute Gasteiger partial charge is 0.326 e. The number of amides is 1. The topological polar surface area (TPSA) is 66.8 Å². The number of likely N-dealkylation sites (N-methyl/N-ethyl adjacent to an activating group) is 1. The number of carbonyl (C=O) groups is 2. The van der Waals surface area contributed by atoms with Crippen molar-refractivity contribution in [1.29, 1.82) is 0 Å². The van der Waals surface area contributed by atoms with Gasteiger partial charge in [0, 0.05) is 7.05 Å². The zero-order chi connectivity index (χ0) is 14.4. The van der Waals surface area contributed by atoms with E-state index in [2.05, 4.69) is 0 Å². The minimum absolute atomic E-state index is 0.134. The third-order valence-electron chi connectivity index (χ3n) is 3.83. The maximum absolute atomic E-state index is 12.1. The predicted molar refractivity (Wildman–Crippen MR) is 71.9 cm³/mol. The highest BCUT2D eigenvalue weighted by Gasteiger charge is 2.28. The van der Waals surface area contributed by atoms with E-state index >= 15 is 0 Å². The molecule has 1 saturated carbocycles. The van der Waals surface area contributed by atoms with Gasteiger partial charge in [0.2, 0.25) is 0 Å². The van der Waals surface area contributed by atoms with Crippen LogP contribution in [0.25, 0.3) is 0 Å². The van der Waals surface area contributed by atoms with Crippen LogP contribution in [0.1, 0.15) is 52.4 Å². The molecule has 5 nitrogen and oxygen atoms in total. The molecule has 0 aromatic carbocycles. The fraction of sp³-hybridized carbons (Fsp3) is 0.857. The number of carbonyl (C=O) groups excluding carboxylic acids is 1. The summed E-state index contributed by atoms with van der Waals surface area (Å²) in [6.07, 6.45) is 6.31. The van der Waals surface area contributed by atoms with Crippen LogP contribution in [0.5, 0.6) is 0 Å². The highest BCUT2D eigenvalue weighted by Crippen LogP contribution is 2.21. The first-order valence-electron chi connectivity index (χ1n) is 7.08. The van der Waals surface area contributed by atoms with Gasteiger partial charge in [0.25, 0.3) is 5.91 Å². The molecule has 0 aliphatic heterocycles. The Morgan fingerprint density at radius 3 is 2.16 bits per heavy atom. The first kappa shape index (κ1) is 16.0. The fourth-order valence-corrected chi connectivity index (χ4v) is 2.37. The molecule has 1 amide bonds. The SMILES string of the molecule is CC(OC1CCCCCC1)C(=O)N(C)C(C)C(=O)O. The van der Waals surface area contributed by atoms with E-state index in [0.717, 1.165) is 25.7 Å². The summed E-state index contributed by atoms with van der Waals surface area (Å²) in [6.45, 7) is 3.21. The maximum atomic E-state index is 12.1. The number of hydrogen-bond acceptors (Lipinski definition) is 3.